The van der Waals surface area contributed by atoms with Crippen molar-refractivity contribution in [3.63, 3.8) is 0 Å². The van der Waals surface area contributed by atoms with E-state index in [0.29, 0.717) is 12.5 Å². The molecule has 2 N–H and O–H groups in total. The molecular formula is C18H26N6OS. The number of piperidine rings is 1. The summed E-state index contributed by atoms with van der Waals surface area (Å²) in [5.41, 5.74) is 2.08. The van der Waals surface area contributed by atoms with Crippen LogP contribution in [0.15, 0.2) is 6.07 Å². The number of rotatable bonds is 5. The lowest BCUT2D eigenvalue weighted by molar-refractivity contribution is -0.122. The summed E-state index contributed by atoms with van der Waals surface area (Å²) in [6, 6.07) is 2.02. The van der Waals surface area contributed by atoms with Gasteiger partial charge in [0.1, 0.15) is 11.6 Å². The Balaban J connectivity index is 1.75. The predicted octanol–water partition coefficient (Wildman–Crippen LogP) is 2.53. The fourth-order valence-corrected chi connectivity index (χ4v) is 4.04. The lowest BCUT2D eigenvalue weighted by atomic mass is 9.94. The highest BCUT2D eigenvalue weighted by Gasteiger charge is 2.24. The van der Waals surface area contributed by atoms with Gasteiger partial charge in [0.15, 0.2) is 5.13 Å². The van der Waals surface area contributed by atoms with Crippen molar-refractivity contribution in [3.8, 4) is 0 Å². The number of amides is 1. The molecule has 1 atom stereocenters. The number of aryl methyl sites for hydroxylation is 3. The van der Waals surface area contributed by atoms with Gasteiger partial charge in [-0.05, 0) is 40.2 Å². The molecule has 1 amide bonds. The highest BCUT2D eigenvalue weighted by molar-refractivity contribution is 7.15. The van der Waals surface area contributed by atoms with Crippen LogP contribution in [0.4, 0.5) is 10.9 Å². The van der Waals surface area contributed by atoms with E-state index in [-0.39, 0.29) is 5.91 Å². The summed E-state index contributed by atoms with van der Waals surface area (Å²) in [5, 5.41) is 6.87. The monoisotopic (exact) mass is 374 g/mol. The summed E-state index contributed by atoms with van der Waals surface area (Å²) in [7, 11) is 1.68. The number of aromatic nitrogens is 3. The van der Waals surface area contributed by atoms with Gasteiger partial charge in [-0.3, -0.25) is 9.69 Å². The quantitative estimate of drug-likeness (QED) is 0.837. The third-order valence-electron chi connectivity index (χ3n) is 4.69. The number of nitrogens with one attached hydrogen (secondary N) is 2. The smallest absolute Gasteiger partial charge is 0.233 e. The second-order valence-corrected chi connectivity index (χ2v) is 7.96. The van der Waals surface area contributed by atoms with Crippen molar-refractivity contribution < 1.29 is 4.79 Å². The molecule has 0 radical (unpaired) electrons. The van der Waals surface area contributed by atoms with Crippen LogP contribution in [0.3, 0.4) is 0 Å². The molecule has 1 aliphatic rings. The van der Waals surface area contributed by atoms with E-state index in [1.165, 1.54) is 4.88 Å². The van der Waals surface area contributed by atoms with Gasteiger partial charge in [0.05, 0.1) is 17.9 Å². The van der Waals surface area contributed by atoms with Gasteiger partial charge in [-0.15, -0.1) is 11.3 Å². The van der Waals surface area contributed by atoms with E-state index in [2.05, 4.69) is 37.4 Å². The number of likely N-dealkylation sites (N-methyl/N-ethyl adjacent to an activating group) is 1. The molecule has 1 saturated heterocycles. The van der Waals surface area contributed by atoms with Crippen LogP contribution in [0.1, 0.15) is 40.8 Å². The van der Waals surface area contributed by atoms with Crippen LogP contribution in [0.25, 0.3) is 0 Å². The molecular weight excluding hydrogens is 348 g/mol. The largest absolute Gasteiger partial charge is 0.358 e. The molecule has 0 aliphatic carbocycles. The zero-order valence-corrected chi connectivity index (χ0v) is 16.6. The second kappa shape index (κ2) is 8.09. The van der Waals surface area contributed by atoms with Crippen molar-refractivity contribution in [2.75, 3.05) is 32.0 Å². The Kier molecular flexibility index (Phi) is 5.83. The molecule has 140 valence electrons. The average molecular weight is 375 g/mol. The molecule has 0 saturated carbocycles. The number of thiazole rings is 1. The molecule has 1 aliphatic heterocycles. The Morgan fingerprint density at radius 3 is 2.81 bits per heavy atom. The summed E-state index contributed by atoms with van der Waals surface area (Å²) < 4.78 is 0. The maximum Gasteiger partial charge on any atom is 0.233 e. The van der Waals surface area contributed by atoms with Crippen LogP contribution in [-0.2, 0) is 4.79 Å². The molecule has 2 aromatic rings. The van der Waals surface area contributed by atoms with Gasteiger partial charge in [0, 0.05) is 30.5 Å². The SMILES string of the molecule is CNC(=O)CN1CCC[C@H](c2cc(Nc3nc(C)c(C)s3)nc(C)n2)C1. The standard InChI is InChI=1S/C18H26N6OS/c1-11-12(2)26-18(20-11)23-16-8-15(21-13(3)22-16)14-6-5-7-24(9-14)10-17(25)19-4/h8,14H,5-7,9-10H2,1-4H3,(H,19,25)(H,20,21,22,23)/t14-/m0/s1. The molecule has 0 aromatic carbocycles. The Bertz CT molecular complexity index is 770. The number of likely N-dealkylation sites (tertiary alicyclic amines) is 1. The van der Waals surface area contributed by atoms with E-state index < -0.39 is 0 Å². The van der Waals surface area contributed by atoms with E-state index in [4.69, 9.17) is 0 Å². The van der Waals surface area contributed by atoms with Crippen LogP contribution in [0.2, 0.25) is 0 Å². The molecule has 26 heavy (non-hydrogen) atoms. The third-order valence-corrected chi connectivity index (χ3v) is 5.68. The minimum atomic E-state index is 0.0568. The maximum absolute atomic E-state index is 11.7. The number of hydrogen-bond acceptors (Lipinski definition) is 7. The minimum Gasteiger partial charge on any atom is -0.358 e. The number of nitrogens with zero attached hydrogens (tertiary/aromatic N) is 4. The van der Waals surface area contributed by atoms with Gasteiger partial charge >= 0.3 is 0 Å². The van der Waals surface area contributed by atoms with Crippen LogP contribution >= 0.6 is 11.3 Å². The first kappa shape index (κ1) is 18.7. The van der Waals surface area contributed by atoms with Crippen LogP contribution in [-0.4, -0.2) is 52.4 Å². The van der Waals surface area contributed by atoms with Gasteiger partial charge < -0.3 is 10.6 Å². The summed E-state index contributed by atoms with van der Waals surface area (Å²) in [5.74, 6) is 1.90. The lowest BCUT2D eigenvalue weighted by Crippen LogP contribution is -2.41. The Morgan fingerprint density at radius 1 is 1.31 bits per heavy atom. The minimum absolute atomic E-state index is 0.0568. The summed E-state index contributed by atoms with van der Waals surface area (Å²) in [6.45, 7) is 8.24. The molecule has 0 spiro atoms. The summed E-state index contributed by atoms with van der Waals surface area (Å²) in [6.07, 6.45) is 2.15. The number of anilines is 2. The fourth-order valence-electron chi connectivity index (χ4n) is 3.22. The van der Waals surface area contributed by atoms with Crippen molar-refractivity contribution in [1.82, 2.24) is 25.2 Å². The third kappa shape index (κ3) is 4.56. The van der Waals surface area contributed by atoms with Crippen molar-refractivity contribution in [2.24, 2.45) is 0 Å². The van der Waals surface area contributed by atoms with E-state index in [9.17, 15) is 4.79 Å². The lowest BCUT2D eigenvalue weighted by Gasteiger charge is -2.32. The van der Waals surface area contributed by atoms with Crippen molar-refractivity contribution >= 4 is 28.2 Å². The van der Waals surface area contributed by atoms with Gasteiger partial charge in [0.2, 0.25) is 5.91 Å². The first-order valence-electron chi connectivity index (χ1n) is 8.94. The van der Waals surface area contributed by atoms with Crippen molar-refractivity contribution in [3.05, 3.63) is 28.2 Å². The molecule has 3 heterocycles. The van der Waals surface area contributed by atoms with Crippen molar-refractivity contribution in [2.45, 2.75) is 39.5 Å². The zero-order valence-electron chi connectivity index (χ0n) is 15.8. The zero-order chi connectivity index (χ0) is 18.7. The summed E-state index contributed by atoms with van der Waals surface area (Å²) >= 11 is 1.63. The van der Waals surface area contributed by atoms with E-state index in [1.54, 1.807) is 18.4 Å². The molecule has 3 rings (SSSR count). The van der Waals surface area contributed by atoms with Gasteiger partial charge in [-0.1, -0.05) is 0 Å². The molecule has 7 nitrogen and oxygen atoms in total. The average Bonchev–Trinajstić information content (AvgIpc) is 2.92. The Morgan fingerprint density at radius 2 is 2.12 bits per heavy atom. The van der Waals surface area contributed by atoms with Crippen LogP contribution < -0.4 is 10.6 Å². The first-order valence-corrected chi connectivity index (χ1v) is 9.76. The first-order chi connectivity index (χ1) is 12.4. The highest BCUT2D eigenvalue weighted by Crippen LogP contribution is 2.29. The number of hydrogen-bond donors (Lipinski definition) is 2. The highest BCUT2D eigenvalue weighted by atomic mass is 32.1. The second-order valence-electron chi connectivity index (χ2n) is 6.76. The molecule has 2 aromatic heterocycles. The van der Waals surface area contributed by atoms with E-state index in [1.807, 2.05) is 19.9 Å². The van der Waals surface area contributed by atoms with Crippen LogP contribution in [0, 0.1) is 20.8 Å². The number of carbonyl (C=O) groups excluding carboxylic acids is 1. The number of carbonyl (C=O) groups is 1. The molecule has 8 heteroatoms. The van der Waals surface area contributed by atoms with Crippen molar-refractivity contribution in [1.29, 1.82) is 0 Å². The van der Waals surface area contributed by atoms with Crippen LogP contribution in [0.5, 0.6) is 0 Å². The van der Waals surface area contributed by atoms with E-state index >= 15 is 0 Å². The van der Waals surface area contributed by atoms with Gasteiger partial charge in [0.25, 0.3) is 0 Å². The maximum atomic E-state index is 11.7. The van der Waals surface area contributed by atoms with Gasteiger partial charge in [-0.2, -0.15) is 0 Å². The van der Waals surface area contributed by atoms with E-state index in [0.717, 1.165) is 54.1 Å². The Labute approximate surface area is 158 Å². The predicted molar refractivity (Wildman–Crippen MR) is 104 cm³/mol. The normalized spacial score (nSPS) is 17.9. The molecule has 0 bridgehead atoms. The topological polar surface area (TPSA) is 83.0 Å². The molecule has 1 fully saturated rings. The Hall–Kier alpha value is -2.06. The van der Waals surface area contributed by atoms with Gasteiger partial charge in [-0.25, -0.2) is 15.0 Å². The summed E-state index contributed by atoms with van der Waals surface area (Å²) in [4.78, 5) is 28.8. The fraction of sp³-hybridized carbons (Fsp3) is 0.556. The molecule has 0 unspecified atom stereocenters.